The van der Waals surface area contributed by atoms with E-state index in [1.54, 1.807) is 11.8 Å². The molecule has 0 fully saturated rings. The summed E-state index contributed by atoms with van der Waals surface area (Å²) in [7, 11) is 0. The zero-order valence-electron chi connectivity index (χ0n) is 25.9. The zero-order valence-corrected chi connectivity index (χ0v) is 26.7. The van der Waals surface area contributed by atoms with Gasteiger partial charge < -0.3 is 4.74 Å². The van der Waals surface area contributed by atoms with Crippen molar-refractivity contribution in [2.75, 3.05) is 0 Å². The molecule has 0 spiro atoms. The first-order chi connectivity index (χ1) is 23.8. The lowest BCUT2D eigenvalue weighted by molar-refractivity contribution is 0.455. The molecule has 0 saturated carbocycles. The number of ether oxygens (including phenoxy) is 1. The molecule has 2 heterocycles. The lowest BCUT2D eigenvalue weighted by Crippen LogP contribution is -1.96. The summed E-state index contributed by atoms with van der Waals surface area (Å²) in [5.41, 5.74) is 6.67. The highest BCUT2D eigenvalue weighted by Crippen LogP contribution is 2.49. The van der Waals surface area contributed by atoms with Gasteiger partial charge in [0, 0.05) is 17.1 Å². The van der Waals surface area contributed by atoms with E-state index in [-0.39, 0.29) is 0 Å². The molecule has 0 N–H and O–H groups in total. The molecule has 0 bridgehead atoms. The SMILES string of the molecule is c1ccc2c(c1)Oc1cc(-c3ccc(-c4nccc5ccccc45)cc3-c3ccc4c5ccccc5c5ccccc5c4c3)ccc1S2. The van der Waals surface area contributed by atoms with Crippen LogP contribution in [0, 0.1) is 0 Å². The predicted octanol–water partition coefficient (Wildman–Crippen LogP) is 13.0. The molecule has 1 aliphatic rings. The number of nitrogens with zero attached hydrogens (tertiary/aromatic N) is 1. The molecule has 0 unspecified atom stereocenters. The van der Waals surface area contributed by atoms with E-state index < -0.39 is 0 Å². The van der Waals surface area contributed by atoms with Crippen LogP contribution in [0.2, 0.25) is 0 Å². The predicted molar refractivity (Wildman–Crippen MR) is 201 cm³/mol. The normalized spacial score (nSPS) is 12.2. The Balaban J connectivity index is 1.21. The smallest absolute Gasteiger partial charge is 0.142 e. The maximum atomic E-state index is 6.44. The van der Waals surface area contributed by atoms with Crippen molar-refractivity contribution in [1.82, 2.24) is 4.98 Å². The van der Waals surface area contributed by atoms with Gasteiger partial charge in [-0.1, -0.05) is 127 Å². The topological polar surface area (TPSA) is 22.1 Å². The van der Waals surface area contributed by atoms with Crippen LogP contribution in [0.1, 0.15) is 0 Å². The van der Waals surface area contributed by atoms with Gasteiger partial charge in [-0.3, -0.25) is 4.98 Å². The van der Waals surface area contributed by atoms with Crippen LogP contribution < -0.4 is 4.74 Å². The van der Waals surface area contributed by atoms with E-state index in [9.17, 15) is 0 Å². The van der Waals surface area contributed by atoms with E-state index in [0.29, 0.717) is 0 Å². The molecule has 0 radical (unpaired) electrons. The first kappa shape index (κ1) is 27.2. The minimum atomic E-state index is 0.887. The van der Waals surface area contributed by atoms with Gasteiger partial charge in [-0.25, -0.2) is 0 Å². The van der Waals surface area contributed by atoms with Crippen molar-refractivity contribution in [2.24, 2.45) is 0 Å². The van der Waals surface area contributed by atoms with Crippen molar-refractivity contribution in [3.05, 3.63) is 164 Å². The molecule has 0 saturated heterocycles. The molecule has 3 heteroatoms. The Hall–Kier alpha value is -5.90. The molecule has 8 aromatic carbocycles. The maximum absolute atomic E-state index is 6.44. The lowest BCUT2D eigenvalue weighted by atomic mass is 9.88. The number of hydrogen-bond donors (Lipinski definition) is 0. The van der Waals surface area contributed by atoms with Crippen LogP contribution in [0.25, 0.3) is 76.6 Å². The largest absolute Gasteiger partial charge is 0.455 e. The maximum Gasteiger partial charge on any atom is 0.142 e. The third kappa shape index (κ3) is 4.32. The third-order valence-corrected chi connectivity index (χ3v) is 10.7. The van der Waals surface area contributed by atoms with Gasteiger partial charge in [-0.2, -0.15) is 0 Å². The average molecular weight is 630 g/mol. The Morgan fingerprint density at radius 3 is 1.81 bits per heavy atom. The molecule has 1 aliphatic heterocycles. The quantitative estimate of drug-likeness (QED) is 0.182. The molecular weight excluding hydrogens is 603 g/mol. The van der Waals surface area contributed by atoms with Crippen molar-refractivity contribution >= 4 is 54.9 Å². The summed E-state index contributed by atoms with van der Waals surface area (Å²) in [5.74, 6) is 1.79. The van der Waals surface area contributed by atoms with Crippen LogP contribution in [-0.2, 0) is 0 Å². The molecule has 0 amide bonds. The highest BCUT2D eigenvalue weighted by molar-refractivity contribution is 7.99. The summed E-state index contributed by atoms with van der Waals surface area (Å²) >= 11 is 1.76. The van der Waals surface area contributed by atoms with Crippen LogP contribution in [0.4, 0.5) is 0 Å². The minimum absolute atomic E-state index is 0.887. The van der Waals surface area contributed by atoms with Crippen molar-refractivity contribution < 1.29 is 4.74 Å². The number of hydrogen-bond acceptors (Lipinski definition) is 3. The fourth-order valence-electron chi connectivity index (χ4n) is 7.30. The van der Waals surface area contributed by atoms with E-state index in [1.165, 1.54) is 43.3 Å². The van der Waals surface area contributed by atoms with Crippen molar-refractivity contribution in [3.8, 4) is 45.0 Å². The van der Waals surface area contributed by atoms with E-state index in [4.69, 9.17) is 9.72 Å². The second-order valence-electron chi connectivity index (χ2n) is 12.3. The molecular formula is C45H27NOS. The van der Waals surface area contributed by atoms with Gasteiger partial charge in [0.05, 0.1) is 15.5 Å². The number of benzene rings is 8. The Labute approximate surface area is 282 Å². The Morgan fingerprint density at radius 1 is 0.396 bits per heavy atom. The summed E-state index contributed by atoms with van der Waals surface area (Å²) in [6.45, 7) is 0. The molecule has 2 nitrogen and oxygen atoms in total. The van der Waals surface area contributed by atoms with Gasteiger partial charge in [0.2, 0.25) is 0 Å². The van der Waals surface area contributed by atoms with Gasteiger partial charge in [0.25, 0.3) is 0 Å². The first-order valence-electron chi connectivity index (χ1n) is 16.2. The highest BCUT2D eigenvalue weighted by Gasteiger charge is 2.20. The Bertz CT molecular complexity index is 2710. The monoisotopic (exact) mass is 629 g/mol. The van der Waals surface area contributed by atoms with Gasteiger partial charge in [-0.05, 0) is 102 Å². The molecule has 0 atom stereocenters. The second-order valence-corrected chi connectivity index (χ2v) is 13.4. The molecule has 0 aliphatic carbocycles. The molecule has 9 aromatic rings. The third-order valence-electron chi connectivity index (χ3n) is 9.57. The summed E-state index contributed by atoms with van der Waals surface area (Å²) in [6, 6.07) is 56.7. The average Bonchev–Trinajstić information content (AvgIpc) is 3.16. The standard InChI is InChI=1S/C45H27NOS/c1-2-10-33-28(9-1)23-24-46-45(33)31-18-20-32(30-19-22-44-42(27-30)47-41-15-7-8-16-43(41)48-44)39(26-31)29-17-21-38-36-13-4-3-11-34(36)35-12-5-6-14-37(35)40(38)25-29/h1-27H. The Kier molecular flexibility index (Phi) is 6.15. The zero-order chi connectivity index (χ0) is 31.6. The van der Waals surface area contributed by atoms with E-state index in [2.05, 4.69) is 146 Å². The number of pyridine rings is 1. The van der Waals surface area contributed by atoms with Crippen LogP contribution in [0.15, 0.2) is 174 Å². The van der Waals surface area contributed by atoms with Crippen molar-refractivity contribution in [2.45, 2.75) is 9.79 Å². The molecule has 48 heavy (non-hydrogen) atoms. The van der Waals surface area contributed by atoms with Gasteiger partial charge in [-0.15, -0.1) is 0 Å². The van der Waals surface area contributed by atoms with Crippen LogP contribution in [0.3, 0.4) is 0 Å². The van der Waals surface area contributed by atoms with Crippen LogP contribution in [-0.4, -0.2) is 4.98 Å². The van der Waals surface area contributed by atoms with Crippen molar-refractivity contribution in [1.29, 1.82) is 0 Å². The number of rotatable bonds is 3. The van der Waals surface area contributed by atoms with E-state index in [1.807, 2.05) is 18.3 Å². The van der Waals surface area contributed by atoms with E-state index >= 15 is 0 Å². The molecule has 10 rings (SSSR count). The summed E-state index contributed by atoms with van der Waals surface area (Å²) < 4.78 is 6.44. The fraction of sp³-hybridized carbons (Fsp3) is 0. The summed E-state index contributed by atoms with van der Waals surface area (Å²) in [6.07, 6.45) is 1.91. The second kappa shape index (κ2) is 10.8. The highest BCUT2D eigenvalue weighted by atomic mass is 32.2. The lowest BCUT2D eigenvalue weighted by Gasteiger charge is -2.21. The fourth-order valence-corrected chi connectivity index (χ4v) is 8.23. The van der Waals surface area contributed by atoms with Gasteiger partial charge in [0.15, 0.2) is 0 Å². The van der Waals surface area contributed by atoms with Crippen LogP contribution >= 0.6 is 11.8 Å². The number of fused-ring (bicyclic) bond motifs is 9. The van der Waals surface area contributed by atoms with Crippen molar-refractivity contribution in [3.63, 3.8) is 0 Å². The molecule has 1 aromatic heterocycles. The van der Waals surface area contributed by atoms with E-state index in [0.717, 1.165) is 54.6 Å². The number of aromatic nitrogens is 1. The summed E-state index contributed by atoms with van der Waals surface area (Å²) in [5, 5.41) is 9.94. The van der Waals surface area contributed by atoms with Gasteiger partial charge >= 0.3 is 0 Å². The first-order valence-corrected chi connectivity index (χ1v) is 17.0. The summed E-state index contributed by atoms with van der Waals surface area (Å²) in [4.78, 5) is 7.16. The molecule has 224 valence electrons. The van der Waals surface area contributed by atoms with Crippen LogP contribution in [0.5, 0.6) is 11.5 Å². The van der Waals surface area contributed by atoms with Gasteiger partial charge in [0.1, 0.15) is 11.5 Å². The minimum Gasteiger partial charge on any atom is -0.455 e. The number of para-hydroxylation sites is 1. The Morgan fingerprint density at radius 2 is 1.00 bits per heavy atom.